The molecule has 0 aliphatic carbocycles. The molecule has 1 amide bonds. The standard InChI is InChI=1S/C24H23FN4O3S/c1-3-28-23(30)21(27-18-13-26-11-10-15(18)2)20(24(31)32)22(19-5-4-12-33-19)29(28)14-16-6-8-17(25)9-7-16/h4-13,22,27H,3,14H2,1-2H3,(H,31,32). The van der Waals surface area contributed by atoms with E-state index in [0.717, 1.165) is 16.0 Å². The minimum Gasteiger partial charge on any atom is -0.478 e. The minimum atomic E-state index is -1.19. The van der Waals surface area contributed by atoms with Gasteiger partial charge in [0.1, 0.15) is 11.5 Å². The van der Waals surface area contributed by atoms with E-state index in [2.05, 4.69) is 10.3 Å². The number of rotatable bonds is 7. The summed E-state index contributed by atoms with van der Waals surface area (Å²) in [4.78, 5) is 31.0. The quantitative estimate of drug-likeness (QED) is 0.538. The topological polar surface area (TPSA) is 85.8 Å². The predicted molar refractivity (Wildman–Crippen MR) is 124 cm³/mol. The molecule has 0 radical (unpaired) electrons. The molecular weight excluding hydrogens is 443 g/mol. The molecule has 0 saturated heterocycles. The van der Waals surface area contributed by atoms with Crippen molar-refractivity contribution >= 4 is 28.9 Å². The molecule has 170 valence electrons. The van der Waals surface area contributed by atoms with E-state index in [-0.39, 0.29) is 23.6 Å². The number of carboxylic acids is 1. The van der Waals surface area contributed by atoms with Gasteiger partial charge in [-0.05, 0) is 54.6 Å². The maximum absolute atomic E-state index is 13.6. The Labute approximate surface area is 194 Å². The summed E-state index contributed by atoms with van der Waals surface area (Å²) >= 11 is 1.42. The lowest BCUT2D eigenvalue weighted by molar-refractivity contribution is -0.155. The Hall–Kier alpha value is -3.56. The fraction of sp³-hybridized carbons (Fsp3) is 0.208. The number of nitrogens with one attached hydrogen (secondary N) is 1. The van der Waals surface area contributed by atoms with Gasteiger partial charge < -0.3 is 10.4 Å². The van der Waals surface area contributed by atoms with Gasteiger partial charge in [-0.3, -0.25) is 14.8 Å². The second kappa shape index (κ2) is 9.51. The monoisotopic (exact) mass is 466 g/mol. The summed E-state index contributed by atoms with van der Waals surface area (Å²) in [6.07, 6.45) is 3.20. The number of aromatic nitrogens is 1. The molecular formula is C24H23FN4O3S. The summed E-state index contributed by atoms with van der Waals surface area (Å²) in [7, 11) is 0. The maximum Gasteiger partial charge on any atom is 0.335 e. The number of carbonyl (C=O) groups is 2. The molecule has 7 nitrogen and oxygen atoms in total. The van der Waals surface area contributed by atoms with Crippen molar-refractivity contribution in [3.8, 4) is 0 Å². The smallest absolute Gasteiger partial charge is 0.335 e. The van der Waals surface area contributed by atoms with Crippen molar-refractivity contribution < 1.29 is 19.1 Å². The van der Waals surface area contributed by atoms with E-state index in [4.69, 9.17) is 0 Å². The highest BCUT2D eigenvalue weighted by atomic mass is 32.1. The first kappa shape index (κ1) is 22.6. The first-order chi connectivity index (χ1) is 15.9. The van der Waals surface area contributed by atoms with Crippen LogP contribution in [0.5, 0.6) is 0 Å². The average molecular weight is 467 g/mol. The molecule has 2 aromatic heterocycles. The number of nitrogens with zero attached hydrogens (tertiary/aromatic N) is 3. The molecule has 0 bridgehead atoms. The van der Waals surface area contributed by atoms with Gasteiger partial charge in [0.2, 0.25) is 0 Å². The highest BCUT2D eigenvalue weighted by Gasteiger charge is 2.43. The van der Waals surface area contributed by atoms with E-state index in [0.29, 0.717) is 12.2 Å². The van der Waals surface area contributed by atoms with Crippen molar-refractivity contribution in [1.29, 1.82) is 0 Å². The highest BCUT2D eigenvalue weighted by Crippen LogP contribution is 2.40. The van der Waals surface area contributed by atoms with Crippen molar-refractivity contribution in [2.24, 2.45) is 0 Å². The number of carboxylic acid groups (broad SMARTS) is 1. The zero-order valence-corrected chi connectivity index (χ0v) is 19.0. The van der Waals surface area contributed by atoms with Gasteiger partial charge in [-0.15, -0.1) is 11.3 Å². The van der Waals surface area contributed by atoms with E-state index in [1.165, 1.54) is 28.5 Å². The lowest BCUT2D eigenvalue weighted by atomic mass is 9.98. The number of amides is 1. The van der Waals surface area contributed by atoms with Gasteiger partial charge in [0.15, 0.2) is 0 Å². The van der Waals surface area contributed by atoms with Crippen LogP contribution in [0.2, 0.25) is 0 Å². The SMILES string of the molecule is CCN1C(=O)C(Nc2cnccc2C)=C(C(=O)O)C(c2cccs2)N1Cc1ccc(F)cc1. The Kier molecular flexibility index (Phi) is 6.52. The Morgan fingerprint density at radius 2 is 2.00 bits per heavy atom. The Morgan fingerprint density at radius 1 is 1.24 bits per heavy atom. The minimum absolute atomic E-state index is 0.00852. The maximum atomic E-state index is 13.6. The summed E-state index contributed by atoms with van der Waals surface area (Å²) in [6, 6.07) is 10.7. The molecule has 1 aliphatic rings. The summed E-state index contributed by atoms with van der Waals surface area (Å²) in [5, 5.41) is 18.5. The number of halogens is 1. The third kappa shape index (κ3) is 4.50. The van der Waals surface area contributed by atoms with Crippen LogP contribution in [0.4, 0.5) is 10.1 Å². The predicted octanol–water partition coefficient (Wildman–Crippen LogP) is 4.36. The van der Waals surface area contributed by atoms with Crippen LogP contribution in [0.3, 0.4) is 0 Å². The third-order valence-corrected chi connectivity index (χ3v) is 6.42. The first-order valence-electron chi connectivity index (χ1n) is 10.4. The number of aryl methyl sites for hydroxylation is 1. The van der Waals surface area contributed by atoms with Gasteiger partial charge in [0.05, 0.1) is 23.5 Å². The van der Waals surface area contributed by atoms with Crippen LogP contribution in [0.15, 0.2) is 71.5 Å². The second-order valence-corrected chi connectivity index (χ2v) is 8.55. The highest BCUT2D eigenvalue weighted by molar-refractivity contribution is 7.10. The molecule has 2 N–H and O–H groups in total. The number of pyridine rings is 1. The number of aliphatic carboxylic acids is 1. The van der Waals surface area contributed by atoms with Gasteiger partial charge in [-0.25, -0.2) is 14.2 Å². The summed E-state index contributed by atoms with van der Waals surface area (Å²) in [5.74, 6) is -2.00. The molecule has 3 aromatic rings. The lowest BCUT2D eigenvalue weighted by Gasteiger charge is -2.44. The van der Waals surface area contributed by atoms with Crippen LogP contribution in [0, 0.1) is 12.7 Å². The Balaban J connectivity index is 1.87. The van der Waals surface area contributed by atoms with Crippen molar-refractivity contribution in [3.05, 3.63) is 93.3 Å². The lowest BCUT2D eigenvalue weighted by Crippen LogP contribution is -2.54. The fourth-order valence-electron chi connectivity index (χ4n) is 3.88. The van der Waals surface area contributed by atoms with Gasteiger partial charge >= 0.3 is 5.97 Å². The normalized spacial score (nSPS) is 16.9. The van der Waals surface area contributed by atoms with E-state index in [1.807, 2.05) is 31.4 Å². The summed E-state index contributed by atoms with van der Waals surface area (Å²) in [5.41, 5.74) is 2.12. The van der Waals surface area contributed by atoms with Crippen LogP contribution >= 0.6 is 11.3 Å². The number of hydrazine groups is 1. The number of likely N-dealkylation sites (N-methyl/N-ethyl adjacent to an activating group) is 1. The van der Waals surface area contributed by atoms with Gasteiger partial charge in [-0.1, -0.05) is 18.2 Å². The zero-order valence-electron chi connectivity index (χ0n) is 18.2. The molecule has 1 atom stereocenters. The zero-order chi connectivity index (χ0) is 23.5. The van der Waals surface area contributed by atoms with Gasteiger partial charge in [0, 0.05) is 24.2 Å². The molecule has 1 aromatic carbocycles. The molecule has 0 saturated carbocycles. The molecule has 9 heteroatoms. The number of carbonyl (C=O) groups excluding carboxylic acids is 1. The van der Waals surface area contributed by atoms with E-state index >= 15 is 0 Å². The molecule has 0 fully saturated rings. The van der Waals surface area contributed by atoms with Gasteiger partial charge in [-0.2, -0.15) is 0 Å². The van der Waals surface area contributed by atoms with Crippen LogP contribution in [-0.4, -0.2) is 38.5 Å². The van der Waals surface area contributed by atoms with Crippen molar-refractivity contribution in [2.75, 3.05) is 11.9 Å². The third-order valence-electron chi connectivity index (χ3n) is 5.50. The summed E-state index contributed by atoms with van der Waals surface area (Å²) in [6.45, 7) is 4.25. The van der Waals surface area contributed by atoms with Crippen LogP contribution < -0.4 is 5.32 Å². The molecule has 3 heterocycles. The van der Waals surface area contributed by atoms with Crippen LogP contribution in [0.25, 0.3) is 0 Å². The largest absolute Gasteiger partial charge is 0.478 e. The van der Waals surface area contributed by atoms with Gasteiger partial charge in [0.25, 0.3) is 5.91 Å². The molecule has 1 aliphatic heterocycles. The van der Waals surface area contributed by atoms with Crippen molar-refractivity contribution in [3.63, 3.8) is 0 Å². The number of hydrogen-bond donors (Lipinski definition) is 2. The van der Waals surface area contributed by atoms with Crippen molar-refractivity contribution in [2.45, 2.75) is 26.4 Å². The Bertz CT molecular complexity index is 1190. The molecule has 0 spiro atoms. The molecule has 4 rings (SSSR count). The summed E-state index contributed by atoms with van der Waals surface area (Å²) < 4.78 is 13.5. The van der Waals surface area contributed by atoms with E-state index in [9.17, 15) is 19.1 Å². The molecule has 33 heavy (non-hydrogen) atoms. The average Bonchev–Trinajstić information content (AvgIpc) is 3.32. The van der Waals surface area contributed by atoms with E-state index < -0.39 is 17.9 Å². The van der Waals surface area contributed by atoms with Crippen LogP contribution in [0.1, 0.15) is 29.0 Å². The van der Waals surface area contributed by atoms with E-state index in [1.54, 1.807) is 35.6 Å². The fourth-order valence-corrected chi connectivity index (χ4v) is 4.71. The number of anilines is 1. The number of benzene rings is 1. The first-order valence-corrected chi connectivity index (χ1v) is 11.3. The van der Waals surface area contributed by atoms with Crippen LogP contribution in [-0.2, 0) is 16.1 Å². The van der Waals surface area contributed by atoms with Crippen molar-refractivity contribution in [1.82, 2.24) is 15.0 Å². The second-order valence-electron chi connectivity index (χ2n) is 7.57. The molecule has 1 unspecified atom stereocenters. The number of thiophene rings is 1. The number of hydrogen-bond acceptors (Lipinski definition) is 6. The Morgan fingerprint density at radius 3 is 2.61 bits per heavy atom.